The lowest BCUT2D eigenvalue weighted by molar-refractivity contribution is 0.384. The Kier molecular flexibility index (Phi) is 2.56. The van der Waals surface area contributed by atoms with Gasteiger partial charge in [-0.25, -0.2) is 0 Å². The number of fused-ring (bicyclic) bond motifs is 3. The van der Waals surface area contributed by atoms with Crippen LogP contribution in [0, 0.1) is 0 Å². The van der Waals surface area contributed by atoms with Crippen LogP contribution in [0.2, 0.25) is 0 Å². The van der Waals surface area contributed by atoms with Crippen molar-refractivity contribution in [2.45, 2.75) is 58.0 Å². The van der Waals surface area contributed by atoms with Crippen molar-refractivity contribution in [1.82, 2.24) is 9.88 Å². The molecule has 20 heavy (non-hydrogen) atoms. The van der Waals surface area contributed by atoms with E-state index in [1.165, 1.54) is 35.7 Å². The van der Waals surface area contributed by atoms with Crippen LogP contribution in [0.4, 0.5) is 0 Å². The van der Waals surface area contributed by atoms with E-state index < -0.39 is 0 Å². The van der Waals surface area contributed by atoms with E-state index in [2.05, 4.69) is 48.9 Å². The highest BCUT2D eigenvalue weighted by molar-refractivity contribution is 5.87. The quantitative estimate of drug-likeness (QED) is 0.766. The average molecular weight is 268 g/mol. The van der Waals surface area contributed by atoms with Crippen molar-refractivity contribution in [3.8, 4) is 0 Å². The van der Waals surface area contributed by atoms with Crippen LogP contribution in [0.5, 0.6) is 0 Å². The fourth-order valence-corrected chi connectivity index (χ4v) is 3.98. The molecule has 1 unspecified atom stereocenters. The number of aromatic nitrogens is 1. The molecule has 0 radical (unpaired) electrons. The van der Waals surface area contributed by atoms with E-state index in [0.29, 0.717) is 6.04 Å². The van der Waals surface area contributed by atoms with Gasteiger partial charge in [-0.05, 0) is 47.9 Å². The molecule has 1 aliphatic heterocycles. The topological polar surface area (TPSA) is 17.0 Å². The van der Waals surface area contributed by atoms with Gasteiger partial charge in [0.05, 0.1) is 0 Å². The summed E-state index contributed by atoms with van der Waals surface area (Å²) < 4.78 is 2.58. The molecule has 0 bridgehead atoms. The lowest BCUT2D eigenvalue weighted by Gasteiger charge is -2.31. The lowest BCUT2D eigenvalue weighted by atomic mass is 9.85. The summed E-state index contributed by atoms with van der Waals surface area (Å²) in [5, 5.41) is 5.22. The van der Waals surface area contributed by atoms with E-state index in [-0.39, 0.29) is 5.41 Å². The number of nitrogens with one attached hydrogen (secondary N) is 1. The summed E-state index contributed by atoms with van der Waals surface area (Å²) in [6, 6.07) is 7.74. The first-order valence-corrected chi connectivity index (χ1v) is 7.94. The lowest BCUT2D eigenvalue weighted by Crippen LogP contribution is -2.35. The highest BCUT2D eigenvalue weighted by atomic mass is 15.1. The third kappa shape index (κ3) is 1.67. The minimum absolute atomic E-state index is 0.232. The van der Waals surface area contributed by atoms with Gasteiger partial charge >= 0.3 is 0 Å². The second kappa shape index (κ2) is 4.11. The van der Waals surface area contributed by atoms with E-state index in [4.69, 9.17) is 0 Å². The number of rotatable bonds is 0. The van der Waals surface area contributed by atoms with Crippen molar-refractivity contribution >= 4 is 10.9 Å². The molecular formula is C18H24N2. The predicted octanol–water partition coefficient (Wildman–Crippen LogP) is 3.92. The van der Waals surface area contributed by atoms with Gasteiger partial charge in [-0.3, -0.25) is 0 Å². The van der Waals surface area contributed by atoms with E-state index in [1.807, 2.05) is 0 Å². The number of hydrogen-bond acceptors (Lipinski definition) is 1. The zero-order chi connectivity index (χ0) is 13.9. The summed E-state index contributed by atoms with van der Waals surface area (Å²) in [5.41, 5.74) is 6.35. The van der Waals surface area contributed by atoms with Crippen molar-refractivity contribution in [1.29, 1.82) is 0 Å². The van der Waals surface area contributed by atoms with E-state index >= 15 is 0 Å². The molecule has 1 aliphatic carbocycles. The van der Waals surface area contributed by atoms with Gasteiger partial charge in [-0.2, -0.15) is 0 Å². The maximum atomic E-state index is 3.70. The SMILES string of the molecule is CC(C)(C)c1ccc2c(c1)c1c3n2CCNC3CCC1. The van der Waals surface area contributed by atoms with Gasteiger partial charge in [-0.1, -0.05) is 26.8 Å². The zero-order valence-electron chi connectivity index (χ0n) is 12.8. The van der Waals surface area contributed by atoms with Crippen LogP contribution >= 0.6 is 0 Å². The maximum absolute atomic E-state index is 3.70. The molecule has 4 rings (SSSR count). The van der Waals surface area contributed by atoms with Crippen molar-refractivity contribution in [3.63, 3.8) is 0 Å². The van der Waals surface area contributed by atoms with Gasteiger partial charge in [0.2, 0.25) is 0 Å². The molecule has 0 saturated carbocycles. The summed E-state index contributed by atoms with van der Waals surface area (Å²) in [4.78, 5) is 0. The number of benzene rings is 1. The summed E-state index contributed by atoms with van der Waals surface area (Å²) in [5.74, 6) is 0. The van der Waals surface area contributed by atoms with Crippen LogP contribution in [0.25, 0.3) is 10.9 Å². The van der Waals surface area contributed by atoms with Crippen molar-refractivity contribution in [2.75, 3.05) is 6.54 Å². The number of nitrogens with zero attached hydrogens (tertiary/aromatic N) is 1. The Balaban J connectivity index is 2.01. The maximum Gasteiger partial charge on any atom is 0.0486 e. The zero-order valence-corrected chi connectivity index (χ0v) is 12.8. The molecule has 0 fully saturated rings. The fourth-order valence-electron chi connectivity index (χ4n) is 3.98. The van der Waals surface area contributed by atoms with Gasteiger partial charge in [0.25, 0.3) is 0 Å². The van der Waals surface area contributed by atoms with Crippen LogP contribution in [-0.2, 0) is 18.4 Å². The van der Waals surface area contributed by atoms with Crippen molar-refractivity contribution in [2.24, 2.45) is 0 Å². The third-order valence-electron chi connectivity index (χ3n) is 5.05. The van der Waals surface area contributed by atoms with Gasteiger partial charge in [0, 0.05) is 35.7 Å². The first kappa shape index (κ1) is 12.5. The normalized spacial score (nSPS) is 22.1. The Labute approximate surface area is 121 Å². The smallest absolute Gasteiger partial charge is 0.0486 e. The molecule has 0 amide bonds. The number of aryl methyl sites for hydroxylation is 1. The molecule has 2 heteroatoms. The minimum Gasteiger partial charge on any atom is -0.342 e. The minimum atomic E-state index is 0.232. The Hall–Kier alpha value is -1.28. The van der Waals surface area contributed by atoms with E-state index in [1.54, 1.807) is 11.3 Å². The third-order valence-corrected chi connectivity index (χ3v) is 5.05. The summed E-state index contributed by atoms with van der Waals surface area (Å²) >= 11 is 0. The molecule has 1 N–H and O–H groups in total. The fraction of sp³-hybridized carbons (Fsp3) is 0.556. The first-order chi connectivity index (χ1) is 9.55. The largest absolute Gasteiger partial charge is 0.342 e. The van der Waals surface area contributed by atoms with Crippen LogP contribution in [0.3, 0.4) is 0 Å². The van der Waals surface area contributed by atoms with Crippen LogP contribution in [0.1, 0.15) is 56.5 Å². The molecule has 106 valence electrons. The van der Waals surface area contributed by atoms with Crippen LogP contribution in [0.15, 0.2) is 18.2 Å². The Morgan fingerprint density at radius 1 is 1.25 bits per heavy atom. The molecule has 2 nitrogen and oxygen atoms in total. The molecule has 2 aliphatic rings. The molecule has 0 saturated heterocycles. The number of hydrogen-bond donors (Lipinski definition) is 1. The molecule has 0 spiro atoms. The molecule has 2 aromatic rings. The van der Waals surface area contributed by atoms with E-state index in [9.17, 15) is 0 Å². The van der Waals surface area contributed by atoms with E-state index in [0.717, 1.165) is 13.1 Å². The standard InChI is InChI=1S/C18H24N2/c1-18(2,3)12-7-8-16-14(11-12)13-5-4-6-15-17(13)20(16)10-9-19-15/h7-8,11,15,19H,4-6,9-10H2,1-3H3. The van der Waals surface area contributed by atoms with Crippen molar-refractivity contribution in [3.05, 3.63) is 35.0 Å². The highest BCUT2D eigenvalue weighted by Gasteiger charge is 2.30. The summed E-state index contributed by atoms with van der Waals surface area (Å²) in [6.07, 6.45) is 3.88. The molecule has 1 aromatic heterocycles. The Bertz CT molecular complexity index is 671. The van der Waals surface area contributed by atoms with Gasteiger partial charge in [-0.15, -0.1) is 0 Å². The van der Waals surface area contributed by atoms with Gasteiger partial charge in [0.1, 0.15) is 0 Å². The highest BCUT2D eigenvalue weighted by Crippen LogP contribution is 2.40. The van der Waals surface area contributed by atoms with Crippen LogP contribution < -0.4 is 5.32 Å². The monoisotopic (exact) mass is 268 g/mol. The first-order valence-electron chi connectivity index (χ1n) is 7.94. The van der Waals surface area contributed by atoms with Gasteiger partial charge in [0.15, 0.2) is 0 Å². The molecule has 2 heterocycles. The molecule has 1 atom stereocenters. The summed E-state index contributed by atoms with van der Waals surface area (Å²) in [7, 11) is 0. The Morgan fingerprint density at radius 3 is 2.90 bits per heavy atom. The van der Waals surface area contributed by atoms with Crippen molar-refractivity contribution < 1.29 is 0 Å². The Morgan fingerprint density at radius 2 is 2.10 bits per heavy atom. The van der Waals surface area contributed by atoms with Gasteiger partial charge < -0.3 is 9.88 Å². The predicted molar refractivity (Wildman–Crippen MR) is 84.3 cm³/mol. The second-order valence-corrected chi connectivity index (χ2v) is 7.40. The molecular weight excluding hydrogens is 244 g/mol. The molecule has 1 aromatic carbocycles. The summed E-state index contributed by atoms with van der Waals surface area (Å²) in [6.45, 7) is 9.15. The second-order valence-electron chi connectivity index (χ2n) is 7.40. The average Bonchev–Trinajstić information content (AvgIpc) is 2.75. The van der Waals surface area contributed by atoms with Crippen LogP contribution in [-0.4, -0.2) is 11.1 Å².